The van der Waals surface area contributed by atoms with Crippen LogP contribution in [0, 0.1) is 23.7 Å². The summed E-state index contributed by atoms with van der Waals surface area (Å²) in [4.78, 5) is 0. The highest BCUT2D eigenvalue weighted by atomic mass is 31.1. The average molecular weight is 402 g/mol. The normalized spacial score (nSPS) is 51.5. The molecule has 3 saturated heterocycles. The van der Waals surface area contributed by atoms with Crippen LogP contribution in [0.4, 0.5) is 0 Å². The maximum Gasteiger partial charge on any atom is 0.324 e. The molecule has 12 unspecified atom stereocenters. The lowest BCUT2D eigenvalue weighted by atomic mass is 9.72. The first-order chi connectivity index (χ1) is 12.7. The third-order valence-electron chi connectivity index (χ3n) is 7.22. The van der Waals surface area contributed by atoms with Gasteiger partial charge in [0.1, 0.15) is 20.3 Å². The molecule has 3 rings (SSSR count). The van der Waals surface area contributed by atoms with Crippen molar-refractivity contribution in [3.8, 4) is 0 Å². The van der Waals surface area contributed by atoms with Crippen molar-refractivity contribution >= 4 is 13.8 Å². The van der Waals surface area contributed by atoms with Crippen molar-refractivity contribution in [3.63, 3.8) is 0 Å². The fourth-order valence-electron chi connectivity index (χ4n) is 4.98. The third kappa shape index (κ3) is 4.29. The van der Waals surface area contributed by atoms with E-state index in [2.05, 4.69) is 47.6 Å². The Labute approximate surface area is 165 Å². The van der Waals surface area contributed by atoms with Crippen LogP contribution < -0.4 is 0 Å². The van der Waals surface area contributed by atoms with Crippen molar-refractivity contribution in [3.05, 3.63) is 0 Å². The number of hydrogen-bond donors (Lipinski definition) is 1. The van der Waals surface area contributed by atoms with Crippen LogP contribution >= 0.6 is 7.55 Å². The second kappa shape index (κ2) is 8.77. The fourth-order valence-corrected chi connectivity index (χ4v) is 5.66. The summed E-state index contributed by atoms with van der Waals surface area (Å²) in [6.45, 7) is 13.6. The molecule has 12 atom stereocenters. The number of aliphatic hydroxyl groups is 1. The molecule has 3 heterocycles. The summed E-state index contributed by atoms with van der Waals surface area (Å²) in [5.74, 6) is 1.26. The van der Waals surface area contributed by atoms with Gasteiger partial charge in [0.05, 0.1) is 43.4 Å². The topological polar surface area (TPSA) is 57.2 Å². The molecule has 156 valence electrons. The molecular formula is C21H38O5P+. The first-order valence-corrected chi connectivity index (χ1v) is 12.6. The Balaban J connectivity index is 1.70. The Morgan fingerprint density at radius 1 is 1.00 bits per heavy atom. The van der Waals surface area contributed by atoms with Gasteiger partial charge in [0.2, 0.25) is 0 Å². The van der Waals surface area contributed by atoms with Crippen molar-refractivity contribution in [2.75, 3.05) is 13.3 Å². The van der Waals surface area contributed by atoms with E-state index in [-0.39, 0.29) is 42.5 Å². The lowest BCUT2D eigenvalue weighted by molar-refractivity contribution is -0.286. The summed E-state index contributed by atoms with van der Waals surface area (Å²) >= 11 is 0. The van der Waals surface area contributed by atoms with Gasteiger partial charge in [-0.25, -0.2) is 0 Å². The smallest absolute Gasteiger partial charge is 0.324 e. The van der Waals surface area contributed by atoms with Gasteiger partial charge in [0.25, 0.3) is 0 Å². The van der Waals surface area contributed by atoms with Crippen LogP contribution in [0.25, 0.3) is 0 Å². The zero-order valence-corrected chi connectivity index (χ0v) is 18.6. The van der Waals surface area contributed by atoms with E-state index in [0.717, 1.165) is 12.8 Å². The van der Waals surface area contributed by atoms with Crippen LogP contribution in [0.15, 0.2) is 0 Å². The van der Waals surface area contributed by atoms with Crippen molar-refractivity contribution in [2.24, 2.45) is 23.7 Å². The van der Waals surface area contributed by atoms with Crippen molar-refractivity contribution < 1.29 is 24.1 Å². The monoisotopic (exact) mass is 401 g/mol. The minimum Gasteiger partial charge on any atom is -0.390 e. The van der Waals surface area contributed by atoms with Gasteiger partial charge in [0.15, 0.2) is 0 Å². The van der Waals surface area contributed by atoms with E-state index in [1.54, 1.807) is 0 Å². The zero-order chi connectivity index (χ0) is 19.9. The van der Waals surface area contributed by atoms with Gasteiger partial charge in [-0.3, -0.25) is 0 Å². The quantitative estimate of drug-likeness (QED) is 0.731. The Hall–Kier alpha value is -0.0300. The van der Waals surface area contributed by atoms with E-state index in [1.807, 2.05) is 0 Å². The maximum atomic E-state index is 10.9. The number of fused-ring (bicyclic) bond motifs is 1. The summed E-state index contributed by atoms with van der Waals surface area (Å²) < 4.78 is 24.6. The van der Waals surface area contributed by atoms with Crippen LogP contribution in [0.5, 0.6) is 0 Å². The molecule has 3 aliphatic rings. The van der Waals surface area contributed by atoms with Gasteiger partial charge in [-0.1, -0.05) is 27.7 Å². The summed E-state index contributed by atoms with van der Waals surface area (Å²) in [5, 5.41) is 10.9. The Kier molecular flexibility index (Phi) is 7.04. The van der Waals surface area contributed by atoms with Crippen molar-refractivity contribution in [1.29, 1.82) is 0 Å². The third-order valence-corrected chi connectivity index (χ3v) is 8.21. The van der Waals surface area contributed by atoms with E-state index in [1.165, 1.54) is 0 Å². The molecule has 0 aliphatic carbocycles. The Morgan fingerprint density at radius 3 is 2.33 bits per heavy atom. The van der Waals surface area contributed by atoms with E-state index >= 15 is 0 Å². The lowest BCUT2D eigenvalue weighted by Gasteiger charge is -2.50. The lowest BCUT2D eigenvalue weighted by Crippen LogP contribution is -2.57. The molecule has 5 nitrogen and oxygen atoms in total. The molecule has 0 aromatic rings. The molecule has 0 saturated carbocycles. The van der Waals surface area contributed by atoms with Gasteiger partial charge in [-0.15, -0.1) is 0 Å². The number of aliphatic hydroxyl groups excluding tert-OH is 1. The molecule has 0 radical (unpaired) electrons. The average Bonchev–Trinajstić information content (AvgIpc) is 2.65. The van der Waals surface area contributed by atoms with Gasteiger partial charge < -0.3 is 24.1 Å². The highest BCUT2D eigenvalue weighted by Crippen LogP contribution is 2.43. The van der Waals surface area contributed by atoms with Gasteiger partial charge in [0, 0.05) is 0 Å². The minimum absolute atomic E-state index is 0.0286. The predicted octanol–water partition coefficient (Wildman–Crippen LogP) is 3.47. The van der Waals surface area contributed by atoms with E-state index in [4.69, 9.17) is 18.9 Å². The number of rotatable bonds is 4. The predicted molar refractivity (Wildman–Crippen MR) is 109 cm³/mol. The van der Waals surface area contributed by atoms with Crippen LogP contribution in [0.1, 0.15) is 47.5 Å². The Bertz CT molecular complexity index is 527. The first kappa shape index (κ1) is 21.7. The highest BCUT2D eigenvalue weighted by Gasteiger charge is 2.50. The molecule has 0 spiro atoms. The van der Waals surface area contributed by atoms with Gasteiger partial charge in [-0.05, 0) is 43.4 Å². The number of ether oxygens (including phenoxy) is 4. The molecule has 27 heavy (non-hydrogen) atoms. The molecule has 0 bridgehead atoms. The van der Waals surface area contributed by atoms with Crippen LogP contribution in [-0.2, 0) is 18.9 Å². The highest BCUT2D eigenvalue weighted by molar-refractivity contribution is 7.55. The van der Waals surface area contributed by atoms with Gasteiger partial charge in [-0.2, -0.15) is 0 Å². The molecule has 1 N–H and O–H groups in total. The summed E-state index contributed by atoms with van der Waals surface area (Å²) in [5.41, 5.74) is 0. The maximum absolute atomic E-state index is 10.9. The summed E-state index contributed by atoms with van der Waals surface area (Å²) in [7, 11) is -0.530. The van der Waals surface area contributed by atoms with Crippen LogP contribution in [0.2, 0.25) is 0 Å². The first-order valence-electron chi connectivity index (χ1n) is 10.5. The molecule has 6 heteroatoms. The number of hydrogen-bond acceptors (Lipinski definition) is 5. The minimum atomic E-state index is -0.530. The summed E-state index contributed by atoms with van der Waals surface area (Å²) in [6, 6.07) is -0.181. The SMILES string of the molecule is C=[P+](C)C1OCC2OC(CC3C(C)C(C)OC(CC)C3O)C(C)C(C)C2O1. The second-order valence-electron chi connectivity index (χ2n) is 8.97. The van der Waals surface area contributed by atoms with E-state index < -0.39 is 13.6 Å². The molecule has 3 fully saturated rings. The van der Waals surface area contributed by atoms with Gasteiger partial charge >= 0.3 is 6.03 Å². The molecule has 3 aliphatic heterocycles. The largest absolute Gasteiger partial charge is 0.390 e. The molecular weight excluding hydrogens is 363 g/mol. The second-order valence-corrected chi connectivity index (χ2v) is 10.9. The molecule has 0 amide bonds. The van der Waals surface area contributed by atoms with E-state index in [9.17, 15) is 5.11 Å². The fraction of sp³-hybridized carbons (Fsp3) is 0.952. The summed E-state index contributed by atoms with van der Waals surface area (Å²) in [6.07, 6.45) is 5.62. The van der Waals surface area contributed by atoms with Crippen LogP contribution in [-0.4, -0.2) is 67.3 Å². The van der Waals surface area contributed by atoms with Crippen molar-refractivity contribution in [2.45, 2.75) is 90.1 Å². The Morgan fingerprint density at radius 2 is 1.70 bits per heavy atom. The van der Waals surface area contributed by atoms with Crippen molar-refractivity contribution in [1.82, 2.24) is 0 Å². The molecule has 0 aromatic carbocycles. The van der Waals surface area contributed by atoms with Crippen LogP contribution in [0.3, 0.4) is 0 Å². The standard InChI is InChI=1S/C21H38O5P/c1-8-16-19(22)15(13(4)14(5)24-16)9-17-11(2)12(3)20-18(25-17)10-23-21(26-20)27(6)7/h11-22H,6,8-10H2,1-5,7H3/q+1. The molecule has 0 aromatic heterocycles. The zero-order valence-electron chi connectivity index (χ0n) is 17.7. The van der Waals surface area contributed by atoms with E-state index in [0.29, 0.717) is 24.4 Å².